The number of hydrogen-bond donors (Lipinski definition) is 1. The van der Waals surface area contributed by atoms with E-state index in [9.17, 15) is 4.79 Å². The third-order valence-electron chi connectivity index (χ3n) is 3.16. The number of nitrogens with one attached hydrogen (secondary N) is 1. The summed E-state index contributed by atoms with van der Waals surface area (Å²) < 4.78 is 6.30. The Labute approximate surface area is 119 Å². The van der Waals surface area contributed by atoms with Gasteiger partial charge in [-0.25, -0.2) is 0 Å². The molecule has 0 radical (unpaired) electrons. The Kier molecular flexibility index (Phi) is 3.48. The van der Waals surface area contributed by atoms with Gasteiger partial charge in [0, 0.05) is 22.7 Å². The van der Waals surface area contributed by atoms with Crippen molar-refractivity contribution in [2.24, 2.45) is 0 Å². The summed E-state index contributed by atoms with van der Waals surface area (Å²) in [6, 6.07) is 7.70. The number of ether oxygens (including phenoxy) is 1. The fourth-order valence-corrected chi connectivity index (χ4v) is 2.58. The largest absolute Gasteiger partial charge is 0.368 e. The van der Waals surface area contributed by atoms with Gasteiger partial charge in [0.2, 0.25) is 0 Å². The summed E-state index contributed by atoms with van der Waals surface area (Å²) in [5, 5.41) is 3.89. The molecule has 1 aromatic carbocycles. The van der Waals surface area contributed by atoms with Crippen LogP contribution in [0.2, 0.25) is 0 Å². The summed E-state index contributed by atoms with van der Waals surface area (Å²) in [4.78, 5) is 16.4. The number of fused-ring (bicyclic) bond motifs is 1. The molecule has 1 fully saturated rings. The molecule has 1 atom stereocenters. The van der Waals surface area contributed by atoms with E-state index in [1.54, 1.807) is 6.20 Å². The summed E-state index contributed by atoms with van der Waals surface area (Å²) in [7, 11) is 0. The van der Waals surface area contributed by atoms with Crippen LogP contribution in [0, 0.1) is 0 Å². The lowest BCUT2D eigenvalue weighted by atomic mass is 10.1. The van der Waals surface area contributed by atoms with Crippen LogP contribution in [0.1, 0.15) is 12.8 Å². The first-order valence-electron chi connectivity index (χ1n) is 6.21. The average molecular weight is 321 g/mol. The summed E-state index contributed by atoms with van der Waals surface area (Å²) in [5.41, 5.74) is 1.52. The minimum atomic E-state index is -0.328. The molecule has 3 rings (SSSR count). The van der Waals surface area contributed by atoms with Crippen LogP contribution in [0.15, 0.2) is 34.9 Å². The van der Waals surface area contributed by atoms with E-state index in [4.69, 9.17) is 4.74 Å². The number of anilines is 1. The minimum Gasteiger partial charge on any atom is -0.368 e. The first-order chi connectivity index (χ1) is 9.24. The maximum absolute atomic E-state index is 12.1. The van der Waals surface area contributed by atoms with E-state index < -0.39 is 0 Å². The molecular weight excluding hydrogens is 308 g/mol. The van der Waals surface area contributed by atoms with Gasteiger partial charge in [0.15, 0.2) is 0 Å². The molecule has 1 aliphatic rings. The summed E-state index contributed by atoms with van der Waals surface area (Å²) in [6.45, 7) is 0.665. The van der Waals surface area contributed by atoms with Crippen molar-refractivity contribution < 1.29 is 9.53 Å². The molecule has 1 N–H and O–H groups in total. The van der Waals surface area contributed by atoms with E-state index in [0.717, 1.165) is 33.9 Å². The zero-order valence-corrected chi connectivity index (χ0v) is 11.8. The molecule has 1 amide bonds. The monoisotopic (exact) mass is 320 g/mol. The van der Waals surface area contributed by atoms with E-state index >= 15 is 0 Å². The number of aromatic nitrogens is 1. The Morgan fingerprint density at radius 2 is 2.37 bits per heavy atom. The SMILES string of the molecule is O=C(Nc1cccc2cc(Br)cnc12)[C@H]1CCCO1. The van der Waals surface area contributed by atoms with Gasteiger partial charge in [-0.2, -0.15) is 0 Å². The zero-order valence-electron chi connectivity index (χ0n) is 10.2. The van der Waals surface area contributed by atoms with E-state index in [1.807, 2.05) is 24.3 Å². The van der Waals surface area contributed by atoms with Gasteiger partial charge in [0.1, 0.15) is 6.10 Å². The highest BCUT2D eigenvalue weighted by molar-refractivity contribution is 9.10. The predicted molar refractivity (Wildman–Crippen MR) is 77.0 cm³/mol. The highest BCUT2D eigenvalue weighted by Crippen LogP contribution is 2.24. The van der Waals surface area contributed by atoms with Gasteiger partial charge >= 0.3 is 0 Å². The van der Waals surface area contributed by atoms with Crippen molar-refractivity contribution in [2.75, 3.05) is 11.9 Å². The highest BCUT2D eigenvalue weighted by Gasteiger charge is 2.23. The molecule has 98 valence electrons. The van der Waals surface area contributed by atoms with Crippen molar-refractivity contribution in [3.63, 3.8) is 0 Å². The third-order valence-corrected chi connectivity index (χ3v) is 3.59. The smallest absolute Gasteiger partial charge is 0.253 e. The van der Waals surface area contributed by atoms with E-state index in [-0.39, 0.29) is 12.0 Å². The Morgan fingerprint density at radius 3 is 3.16 bits per heavy atom. The standard InChI is InChI=1S/C14H13BrN2O2/c15-10-7-9-3-1-4-11(13(9)16-8-10)17-14(18)12-5-2-6-19-12/h1,3-4,7-8,12H,2,5-6H2,(H,17,18)/t12-/m1/s1. The molecule has 4 nitrogen and oxygen atoms in total. The maximum atomic E-state index is 12.1. The number of hydrogen-bond acceptors (Lipinski definition) is 3. The number of benzene rings is 1. The van der Waals surface area contributed by atoms with Crippen molar-refractivity contribution in [3.8, 4) is 0 Å². The second-order valence-electron chi connectivity index (χ2n) is 4.52. The molecule has 0 bridgehead atoms. The van der Waals surface area contributed by atoms with Crippen molar-refractivity contribution in [1.29, 1.82) is 0 Å². The van der Waals surface area contributed by atoms with Gasteiger partial charge in [-0.05, 0) is 40.9 Å². The molecule has 0 unspecified atom stereocenters. The molecule has 19 heavy (non-hydrogen) atoms. The van der Waals surface area contributed by atoms with Crippen LogP contribution in [0.25, 0.3) is 10.9 Å². The lowest BCUT2D eigenvalue weighted by Crippen LogP contribution is -2.26. The fourth-order valence-electron chi connectivity index (χ4n) is 2.23. The molecule has 1 aliphatic heterocycles. The number of carbonyl (C=O) groups excluding carboxylic acids is 1. The van der Waals surface area contributed by atoms with E-state index in [2.05, 4.69) is 26.2 Å². The fraction of sp³-hybridized carbons (Fsp3) is 0.286. The highest BCUT2D eigenvalue weighted by atomic mass is 79.9. The second-order valence-corrected chi connectivity index (χ2v) is 5.44. The van der Waals surface area contributed by atoms with Crippen LogP contribution < -0.4 is 5.32 Å². The maximum Gasteiger partial charge on any atom is 0.253 e. The molecule has 2 heterocycles. The lowest BCUT2D eigenvalue weighted by molar-refractivity contribution is -0.124. The minimum absolute atomic E-state index is 0.0882. The van der Waals surface area contributed by atoms with Gasteiger partial charge in [-0.1, -0.05) is 12.1 Å². The molecule has 1 saturated heterocycles. The third kappa shape index (κ3) is 2.62. The number of nitrogens with zero attached hydrogens (tertiary/aromatic N) is 1. The molecule has 5 heteroatoms. The summed E-state index contributed by atoms with van der Waals surface area (Å²) >= 11 is 3.39. The van der Waals surface area contributed by atoms with Crippen LogP contribution in [0.4, 0.5) is 5.69 Å². The van der Waals surface area contributed by atoms with Gasteiger partial charge < -0.3 is 10.1 Å². The number of para-hydroxylation sites is 1. The van der Waals surface area contributed by atoms with Crippen LogP contribution in [0.5, 0.6) is 0 Å². The molecule has 2 aromatic rings. The average Bonchev–Trinajstić information content (AvgIpc) is 2.92. The molecular formula is C14H13BrN2O2. The predicted octanol–water partition coefficient (Wildman–Crippen LogP) is 3.11. The van der Waals surface area contributed by atoms with Crippen molar-refractivity contribution in [3.05, 3.63) is 34.9 Å². The molecule has 0 spiro atoms. The first-order valence-corrected chi connectivity index (χ1v) is 7.00. The van der Waals surface area contributed by atoms with E-state index in [0.29, 0.717) is 6.61 Å². The zero-order chi connectivity index (χ0) is 13.2. The van der Waals surface area contributed by atoms with E-state index in [1.165, 1.54) is 0 Å². The van der Waals surface area contributed by atoms with Crippen LogP contribution in [-0.2, 0) is 9.53 Å². The van der Waals surface area contributed by atoms with Gasteiger partial charge in [-0.15, -0.1) is 0 Å². The van der Waals surface area contributed by atoms with Crippen molar-refractivity contribution >= 4 is 38.4 Å². The Balaban J connectivity index is 1.90. The van der Waals surface area contributed by atoms with Gasteiger partial charge in [-0.3, -0.25) is 9.78 Å². The Hall–Kier alpha value is -1.46. The first kappa shape index (κ1) is 12.6. The number of amides is 1. The molecule has 1 aromatic heterocycles. The topological polar surface area (TPSA) is 51.2 Å². The summed E-state index contributed by atoms with van der Waals surface area (Å²) in [5.74, 6) is -0.0882. The molecule has 0 saturated carbocycles. The normalized spacial score (nSPS) is 18.7. The Bertz CT molecular complexity index is 624. The lowest BCUT2D eigenvalue weighted by Gasteiger charge is -2.12. The quantitative estimate of drug-likeness (QED) is 0.925. The van der Waals surface area contributed by atoms with Crippen LogP contribution in [-0.4, -0.2) is 23.6 Å². The summed E-state index contributed by atoms with van der Waals surface area (Å²) in [6.07, 6.45) is 3.13. The van der Waals surface area contributed by atoms with Crippen molar-refractivity contribution in [2.45, 2.75) is 18.9 Å². The number of pyridine rings is 1. The number of carbonyl (C=O) groups is 1. The second kappa shape index (κ2) is 5.27. The molecule has 0 aliphatic carbocycles. The van der Waals surface area contributed by atoms with Gasteiger partial charge in [0.05, 0.1) is 11.2 Å². The number of rotatable bonds is 2. The van der Waals surface area contributed by atoms with Crippen LogP contribution in [0.3, 0.4) is 0 Å². The Morgan fingerprint density at radius 1 is 1.47 bits per heavy atom. The van der Waals surface area contributed by atoms with Gasteiger partial charge in [0.25, 0.3) is 5.91 Å². The van der Waals surface area contributed by atoms with Crippen LogP contribution >= 0.6 is 15.9 Å². The number of halogens is 1. The van der Waals surface area contributed by atoms with Crippen molar-refractivity contribution in [1.82, 2.24) is 4.98 Å².